The molecule has 1 saturated heterocycles. The molecule has 2 aromatic rings. The summed E-state index contributed by atoms with van der Waals surface area (Å²) in [6, 6.07) is 15.2. The van der Waals surface area contributed by atoms with Crippen LogP contribution in [-0.4, -0.2) is 44.7 Å². The van der Waals surface area contributed by atoms with Crippen molar-refractivity contribution in [1.82, 2.24) is 15.5 Å². The number of ether oxygens (including phenoxy) is 1. The van der Waals surface area contributed by atoms with Crippen molar-refractivity contribution >= 4 is 5.96 Å². The first-order valence-electron chi connectivity index (χ1n) is 10.6. The summed E-state index contributed by atoms with van der Waals surface area (Å²) in [4.78, 5) is 6.87. The summed E-state index contributed by atoms with van der Waals surface area (Å²) < 4.78 is 5.46. The minimum absolute atomic E-state index is 0.761. The predicted octanol–water partition coefficient (Wildman–Crippen LogP) is 3.51. The van der Waals surface area contributed by atoms with Crippen LogP contribution in [0.1, 0.15) is 35.1 Å². The van der Waals surface area contributed by atoms with E-state index in [1.165, 1.54) is 48.2 Å². The zero-order chi connectivity index (χ0) is 20.5. The second kappa shape index (κ2) is 10.9. The molecule has 0 spiro atoms. The van der Waals surface area contributed by atoms with E-state index in [9.17, 15) is 0 Å². The van der Waals surface area contributed by atoms with Crippen LogP contribution in [0.15, 0.2) is 47.5 Å². The van der Waals surface area contributed by atoms with Gasteiger partial charge in [-0.3, -0.25) is 9.89 Å². The Morgan fingerprint density at radius 2 is 1.76 bits per heavy atom. The van der Waals surface area contributed by atoms with Gasteiger partial charge in [0.25, 0.3) is 0 Å². The summed E-state index contributed by atoms with van der Waals surface area (Å²) in [5.41, 5.74) is 5.12. The molecule has 0 bridgehead atoms. The van der Waals surface area contributed by atoms with Crippen molar-refractivity contribution in [3.63, 3.8) is 0 Å². The Kier molecular flexibility index (Phi) is 7.94. The molecular formula is C24H34N4O. The molecule has 0 radical (unpaired) electrons. The van der Waals surface area contributed by atoms with Gasteiger partial charge in [0.15, 0.2) is 5.96 Å². The van der Waals surface area contributed by atoms with E-state index < -0.39 is 0 Å². The average molecular weight is 395 g/mol. The van der Waals surface area contributed by atoms with Gasteiger partial charge in [0, 0.05) is 26.7 Å². The number of hydrogen-bond donors (Lipinski definition) is 2. The van der Waals surface area contributed by atoms with Crippen LogP contribution in [0.25, 0.3) is 0 Å². The molecule has 1 aliphatic rings. The first kappa shape index (κ1) is 21.2. The summed E-state index contributed by atoms with van der Waals surface area (Å²) in [5.74, 6) is 1.76. The van der Waals surface area contributed by atoms with Gasteiger partial charge in [-0.15, -0.1) is 0 Å². The minimum atomic E-state index is 0.761. The third-order valence-corrected chi connectivity index (χ3v) is 5.43. The van der Waals surface area contributed by atoms with Crippen LogP contribution in [0.4, 0.5) is 0 Å². The fourth-order valence-electron chi connectivity index (χ4n) is 3.79. The van der Waals surface area contributed by atoms with Gasteiger partial charge in [-0.25, -0.2) is 0 Å². The number of aliphatic imine (C=N–C) groups is 1. The second-order valence-electron chi connectivity index (χ2n) is 7.72. The lowest BCUT2D eigenvalue weighted by atomic mass is 10.1. The Morgan fingerprint density at radius 1 is 1.03 bits per heavy atom. The monoisotopic (exact) mass is 394 g/mol. The summed E-state index contributed by atoms with van der Waals surface area (Å²) >= 11 is 0. The van der Waals surface area contributed by atoms with Crippen LogP contribution in [0, 0.1) is 6.92 Å². The zero-order valence-corrected chi connectivity index (χ0v) is 18.0. The van der Waals surface area contributed by atoms with Gasteiger partial charge in [-0.2, -0.15) is 0 Å². The summed E-state index contributed by atoms with van der Waals surface area (Å²) in [6.45, 7) is 7.21. The molecule has 0 aromatic heterocycles. The maximum atomic E-state index is 5.46. The minimum Gasteiger partial charge on any atom is -0.496 e. The fourth-order valence-corrected chi connectivity index (χ4v) is 3.79. The quantitative estimate of drug-likeness (QED) is 0.531. The van der Waals surface area contributed by atoms with Crippen LogP contribution in [0.5, 0.6) is 5.75 Å². The van der Waals surface area contributed by atoms with Gasteiger partial charge in [-0.05, 0) is 62.0 Å². The standard InChI is InChI=1S/C24H34N4O/c1-19-6-11-23(29-3)22(16-19)12-13-26-24(25-2)27-17-20-7-9-21(10-8-20)18-28-14-4-5-15-28/h6-11,16H,4-5,12-15,17-18H2,1-3H3,(H2,25,26,27). The van der Waals surface area contributed by atoms with Crippen molar-refractivity contribution in [3.8, 4) is 5.75 Å². The summed E-state index contributed by atoms with van der Waals surface area (Å²) in [7, 11) is 3.53. The summed E-state index contributed by atoms with van der Waals surface area (Å²) in [5, 5.41) is 6.80. The molecule has 0 unspecified atom stereocenters. The van der Waals surface area contributed by atoms with Crippen molar-refractivity contribution in [2.45, 2.75) is 39.3 Å². The van der Waals surface area contributed by atoms with Gasteiger partial charge in [0.2, 0.25) is 0 Å². The van der Waals surface area contributed by atoms with Crippen LogP contribution in [-0.2, 0) is 19.5 Å². The summed E-state index contributed by atoms with van der Waals surface area (Å²) in [6.07, 6.45) is 3.56. The van der Waals surface area contributed by atoms with E-state index in [0.717, 1.165) is 37.8 Å². The molecule has 1 heterocycles. The highest BCUT2D eigenvalue weighted by molar-refractivity contribution is 5.79. The Labute approximate surface area is 175 Å². The van der Waals surface area contributed by atoms with Gasteiger partial charge >= 0.3 is 0 Å². The highest BCUT2D eigenvalue weighted by Gasteiger charge is 2.11. The molecule has 156 valence electrons. The van der Waals surface area contributed by atoms with E-state index in [2.05, 4.69) is 63.8 Å². The van der Waals surface area contributed by atoms with E-state index in [-0.39, 0.29) is 0 Å². The van der Waals surface area contributed by atoms with Crippen molar-refractivity contribution in [3.05, 3.63) is 64.7 Å². The van der Waals surface area contributed by atoms with E-state index in [1.54, 1.807) is 7.11 Å². The Morgan fingerprint density at radius 3 is 2.45 bits per heavy atom. The average Bonchev–Trinajstić information content (AvgIpc) is 3.25. The molecule has 1 aliphatic heterocycles. The van der Waals surface area contributed by atoms with Crippen molar-refractivity contribution < 1.29 is 4.74 Å². The van der Waals surface area contributed by atoms with Crippen LogP contribution < -0.4 is 15.4 Å². The molecule has 1 fully saturated rings. The molecule has 0 atom stereocenters. The molecule has 2 aromatic carbocycles. The maximum Gasteiger partial charge on any atom is 0.191 e. The van der Waals surface area contributed by atoms with E-state index in [1.807, 2.05) is 13.1 Å². The second-order valence-corrected chi connectivity index (χ2v) is 7.72. The molecule has 5 heteroatoms. The van der Waals surface area contributed by atoms with E-state index >= 15 is 0 Å². The fraction of sp³-hybridized carbons (Fsp3) is 0.458. The number of hydrogen-bond acceptors (Lipinski definition) is 3. The Hall–Kier alpha value is -2.53. The van der Waals surface area contributed by atoms with Gasteiger partial charge in [0.05, 0.1) is 7.11 Å². The highest BCUT2D eigenvalue weighted by Crippen LogP contribution is 2.19. The number of likely N-dealkylation sites (tertiary alicyclic amines) is 1. The normalized spacial score (nSPS) is 14.8. The lowest BCUT2D eigenvalue weighted by Gasteiger charge is -2.15. The molecule has 0 amide bonds. The lowest BCUT2D eigenvalue weighted by molar-refractivity contribution is 0.331. The first-order valence-corrected chi connectivity index (χ1v) is 10.6. The van der Waals surface area contributed by atoms with Crippen LogP contribution in [0.2, 0.25) is 0 Å². The number of benzene rings is 2. The van der Waals surface area contributed by atoms with Crippen LogP contribution >= 0.6 is 0 Å². The van der Waals surface area contributed by atoms with Crippen molar-refractivity contribution in [1.29, 1.82) is 0 Å². The number of guanidine groups is 1. The number of methoxy groups -OCH3 is 1. The number of nitrogens with zero attached hydrogens (tertiary/aromatic N) is 2. The van der Waals surface area contributed by atoms with Crippen molar-refractivity contribution in [2.24, 2.45) is 4.99 Å². The van der Waals surface area contributed by atoms with Gasteiger partial charge < -0.3 is 15.4 Å². The third-order valence-electron chi connectivity index (χ3n) is 5.43. The molecule has 3 rings (SSSR count). The molecule has 0 saturated carbocycles. The lowest BCUT2D eigenvalue weighted by Crippen LogP contribution is -2.37. The topological polar surface area (TPSA) is 48.9 Å². The van der Waals surface area contributed by atoms with Crippen LogP contribution in [0.3, 0.4) is 0 Å². The SMILES string of the molecule is CN=C(NCCc1cc(C)ccc1OC)NCc1ccc(CN2CCCC2)cc1. The molecule has 5 nitrogen and oxygen atoms in total. The van der Waals surface area contributed by atoms with Gasteiger partial charge in [-0.1, -0.05) is 42.0 Å². The number of rotatable bonds is 8. The maximum absolute atomic E-state index is 5.46. The number of aryl methyl sites for hydroxylation is 1. The Bertz CT molecular complexity index is 795. The van der Waals surface area contributed by atoms with Crippen molar-refractivity contribution in [2.75, 3.05) is 33.8 Å². The van der Waals surface area contributed by atoms with E-state index in [0.29, 0.717) is 0 Å². The molecule has 0 aliphatic carbocycles. The zero-order valence-electron chi connectivity index (χ0n) is 18.0. The first-order chi connectivity index (χ1) is 14.2. The highest BCUT2D eigenvalue weighted by atomic mass is 16.5. The molecule has 29 heavy (non-hydrogen) atoms. The number of nitrogens with one attached hydrogen (secondary N) is 2. The predicted molar refractivity (Wildman–Crippen MR) is 121 cm³/mol. The van der Waals surface area contributed by atoms with Gasteiger partial charge in [0.1, 0.15) is 5.75 Å². The molecule has 2 N–H and O–H groups in total. The Balaban J connectivity index is 1.44. The van der Waals surface area contributed by atoms with E-state index in [4.69, 9.17) is 4.74 Å². The molecular weight excluding hydrogens is 360 g/mol. The largest absolute Gasteiger partial charge is 0.496 e. The smallest absolute Gasteiger partial charge is 0.191 e. The third kappa shape index (κ3) is 6.50.